The quantitative estimate of drug-likeness (QED) is 0.564. The molecule has 0 saturated heterocycles. The van der Waals surface area contributed by atoms with Crippen molar-refractivity contribution >= 4 is 0 Å². The van der Waals surface area contributed by atoms with Crippen molar-refractivity contribution in [3.8, 4) is 0 Å². The monoisotopic (exact) mass is 150 g/mol. The Balaban J connectivity index is 2.93. The molecule has 61 valence electrons. The second kappa shape index (κ2) is 2.72. The number of hydrogen-bond donors (Lipinski definition) is 1. The van der Waals surface area contributed by atoms with E-state index in [9.17, 15) is 0 Å². The highest BCUT2D eigenvalue weighted by Crippen LogP contribution is 2.30. The van der Waals surface area contributed by atoms with Crippen molar-refractivity contribution < 1.29 is 0 Å². The van der Waals surface area contributed by atoms with Gasteiger partial charge in [-0.2, -0.15) is 0 Å². The van der Waals surface area contributed by atoms with Crippen LogP contribution >= 0.6 is 0 Å². The SMILES string of the molecule is CC(C)(C)C1=C(N)[CH]CC=C1. The highest BCUT2D eigenvalue weighted by atomic mass is 14.6. The van der Waals surface area contributed by atoms with E-state index in [1.807, 2.05) is 0 Å². The summed E-state index contributed by atoms with van der Waals surface area (Å²) in [5.41, 5.74) is 8.21. The van der Waals surface area contributed by atoms with Gasteiger partial charge in [-0.15, -0.1) is 0 Å². The third kappa shape index (κ3) is 1.86. The first-order chi connectivity index (χ1) is 5.02. The zero-order valence-electron chi connectivity index (χ0n) is 7.52. The standard InChI is InChI=1S/C10H16N/c1-10(2,3)8-6-4-5-7-9(8)11/h4,6-7H,5,11H2,1-3H3. The van der Waals surface area contributed by atoms with Crippen LogP contribution in [0.1, 0.15) is 27.2 Å². The van der Waals surface area contributed by atoms with E-state index in [2.05, 4.69) is 39.3 Å². The van der Waals surface area contributed by atoms with Crippen LogP contribution in [0.15, 0.2) is 23.4 Å². The Kier molecular flexibility index (Phi) is 2.08. The average Bonchev–Trinajstić information content (AvgIpc) is 1.86. The lowest BCUT2D eigenvalue weighted by molar-refractivity contribution is 0.510. The fourth-order valence-electron chi connectivity index (χ4n) is 1.27. The van der Waals surface area contributed by atoms with Gasteiger partial charge >= 0.3 is 0 Å². The van der Waals surface area contributed by atoms with Crippen LogP contribution in [0.25, 0.3) is 0 Å². The van der Waals surface area contributed by atoms with Gasteiger partial charge in [0.25, 0.3) is 0 Å². The van der Waals surface area contributed by atoms with Gasteiger partial charge in [-0.1, -0.05) is 32.9 Å². The van der Waals surface area contributed by atoms with Crippen molar-refractivity contribution in [3.63, 3.8) is 0 Å². The lowest BCUT2D eigenvalue weighted by Gasteiger charge is -2.24. The second-order valence-corrected chi connectivity index (χ2v) is 3.96. The fourth-order valence-corrected chi connectivity index (χ4v) is 1.27. The van der Waals surface area contributed by atoms with Crippen LogP contribution < -0.4 is 5.73 Å². The van der Waals surface area contributed by atoms with E-state index in [1.54, 1.807) is 0 Å². The molecule has 0 saturated carbocycles. The van der Waals surface area contributed by atoms with Crippen LogP contribution in [0.5, 0.6) is 0 Å². The van der Waals surface area contributed by atoms with Crippen LogP contribution in [0.3, 0.4) is 0 Å². The molecule has 0 atom stereocenters. The van der Waals surface area contributed by atoms with Crippen LogP contribution in [0, 0.1) is 11.8 Å². The first kappa shape index (κ1) is 8.38. The molecule has 0 aromatic rings. The molecule has 0 spiro atoms. The summed E-state index contributed by atoms with van der Waals surface area (Å²) in [6, 6.07) is 0. The number of nitrogens with two attached hydrogens (primary N) is 1. The molecule has 11 heavy (non-hydrogen) atoms. The Labute approximate surface area is 69.0 Å². The van der Waals surface area contributed by atoms with E-state index in [1.165, 1.54) is 5.57 Å². The Morgan fingerprint density at radius 2 is 2.00 bits per heavy atom. The van der Waals surface area contributed by atoms with E-state index in [-0.39, 0.29) is 5.41 Å². The molecule has 0 unspecified atom stereocenters. The molecule has 0 heterocycles. The summed E-state index contributed by atoms with van der Waals surface area (Å²) in [7, 11) is 0. The van der Waals surface area contributed by atoms with Crippen molar-refractivity contribution in [2.75, 3.05) is 0 Å². The fraction of sp³-hybridized carbons (Fsp3) is 0.500. The molecule has 1 rings (SSSR count). The van der Waals surface area contributed by atoms with Crippen LogP contribution in [0.2, 0.25) is 0 Å². The maximum absolute atomic E-state index is 5.84. The maximum Gasteiger partial charge on any atom is 0.0160 e. The predicted octanol–water partition coefficient (Wildman–Crippen LogP) is 2.41. The zero-order valence-corrected chi connectivity index (χ0v) is 7.52. The molecule has 1 nitrogen and oxygen atoms in total. The lowest BCUT2D eigenvalue weighted by atomic mass is 9.82. The lowest BCUT2D eigenvalue weighted by Crippen LogP contribution is -2.16. The summed E-state index contributed by atoms with van der Waals surface area (Å²) < 4.78 is 0. The van der Waals surface area contributed by atoms with Gasteiger partial charge in [-0.25, -0.2) is 0 Å². The number of rotatable bonds is 0. The minimum atomic E-state index is 0.178. The zero-order chi connectivity index (χ0) is 8.48. The van der Waals surface area contributed by atoms with Gasteiger partial charge in [0.2, 0.25) is 0 Å². The summed E-state index contributed by atoms with van der Waals surface area (Å²) >= 11 is 0. The van der Waals surface area contributed by atoms with Gasteiger partial charge < -0.3 is 5.73 Å². The summed E-state index contributed by atoms with van der Waals surface area (Å²) in [5, 5.41) is 0. The molecule has 1 radical (unpaired) electrons. The van der Waals surface area contributed by atoms with Crippen LogP contribution in [0.4, 0.5) is 0 Å². The Morgan fingerprint density at radius 1 is 1.36 bits per heavy atom. The summed E-state index contributed by atoms with van der Waals surface area (Å²) in [6.45, 7) is 6.54. The van der Waals surface area contributed by atoms with E-state index in [0.717, 1.165) is 12.1 Å². The van der Waals surface area contributed by atoms with Gasteiger partial charge in [0.15, 0.2) is 0 Å². The van der Waals surface area contributed by atoms with E-state index in [0.29, 0.717) is 0 Å². The van der Waals surface area contributed by atoms with Crippen molar-refractivity contribution in [2.45, 2.75) is 27.2 Å². The average molecular weight is 150 g/mol. The molecule has 1 aliphatic rings. The second-order valence-electron chi connectivity index (χ2n) is 3.96. The minimum absolute atomic E-state index is 0.178. The summed E-state index contributed by atoms with van der Waals surface area (Å²) in [4.78, 5) is 0. The molecule has 0 fully saturated rings. The van der Waals surface area contributed by atoms with Crippen molar-refractivity contribution in [1.82, 2.24) is 0 Å². The van der Waals surface area contributed by atoms with E-state index >= 15 is 0 Å². The van der Waals surface area contributed by atoms with Gasteiger partial charge in [-0.3, -0.25) is 0 Å². The van der Waals surface area contributed by atoms with Crippen molar-refractivity contribution in [2.24, 2.45) is 11.1 Å². The number of hydrogen-bond acceptors (Lipinski definition) is 1. The first-order valence-corrected chi connectivity index (χ1v) is 4.02. The molecule has 0 amide bonds. The Morgan fingerprint density at radius 3 is 2.36 bits per heavy atom. The molecule has 0 bridgehead atoms. The maximum atomic E-state index is 5.84. The molecule has 2 N–H and O–H groups in total. The first-order valence-electron chi connectivity index (χ1n) is 4.02. The molecule has 0 aromatic heterocycles. The van der Waals surface area contributed by atoms with Gasteiger partial charge in [0.05, 0.1) is 0 Å². The molecule has 1 aliphatic carbocycles. The van der Waals surface area contributed by atoms with E-state index < -0.39 is 0 Å². The predicted molar refractivity (Wildman–Crippen MR) is 48.7 cm³/mol. The van der Waals surface area contributed by atoms with E-state index in [4.69, 9.17) is 5.73 Å². The van der Waals surface area contributed by atoms with Crippen molar-refractivity contribution in [3.05, 3.63) is 29.8 Å². The van der Waals surface area contributed by atoms with Gasteiger partial charge in [-0.05, 0) is 17.4 Å². The molecular weight excluding hydrogens is 134 g/mol. The normalized spacial score (nSPS) is 19.2. The molecular formula is C10H16N. The highest BCUT2D eigenvalue weighted by Gasteiger charge is 2.18. The number of allylic oxidation sites excluding steroid dienone is 4. The van der Waals surface area contributed by atoms with Gasteiger partial charge in [0, 0.05) is 12.1 Å². The summed E-state index contributed by atoms with van der Waals surface area (Å²) in [5.74, 6) is 0. The third-order valence-electron chi connectivity index (χ3n) is 1.88. The topological polar surface area (TPSA) is 26.0 Å². The minimum Gasteiger partial charge on any atom is -0.402 e. The van der Waals surface area contributed by atoms with Crippen LogP contribution in [-0.4, -0.2) is 0 Å². The Hall–Kier alpha value is -0.720. The van der Waals surface area contributed by atoms with Crippen LogP contribution in [-0.2, 0) is 0 Å². The van der Waals surface area contributed by atoms with Crippen molar-refractivity contribution in [1.29, 1.82) is 0 Å². The molecule has 0 aliphatic heterocycles. The third-order valence-corrected chi connectivity index (χ3v) is 1.88. The highest BCUT2D eigenvalue weighted by molar-refractivity contribution is 5.37. The summed E-state index contributed by atoms with van der Waals surface area (Å²) in [6.07, 6.45) is 7.33. The van der Waals surface area contributed by atoms with Gasteiger partial charge in [0.1, 0.15) is 0 Å². The smallest absolute Gasteiger partial charge is 0.0160 e. The largest absolute Gasteiger partial charge is 0.402 e. The molecule has 1 heteroatoms. The Bertz CT molecular complexity index is 203. The molecule has 0 aromatic carbocycles.